The molecular formula is C13H15BrN4O3S2. The average molecular weight is 419 g/mol. The lowest BCUT2D eigenvalue weighted by atomic mass is 10.3. The molecule has 23 heavy (non-hydrogen) atoms. The largest absolute Gasteiger partial charge is 0.335 e. The Kier molecular flexibility index (Phi) is 4.59. The van der Waals surface area contributed by atoms with Gasteiger partial charge >= 0.3 is 0 Å². The minimum Gasteiger partial charge on any atom is -0.335 e. The van der Waals surface area contributed by atoms with Crippen LogP contribution in [0.4, 0.5) is 0 Å². The Bertz CT molecular complexity index is 789. The van der Waals surface area contributed by atoms with E-state index in [0.717, 1.165) is 0 Å². The number of nitrogens with zero attached hydrogens (tertiary/aromatic N) is 4. The van der Waals surface area contributed by atoms with E-state index in [-0.39, 0.29) is 5.91 Å². The predicted octanol–water partition coefficient (Wildman–Crippen LogP) is 1.39. The normalized spacial score (nSPS) is 16.7. The molecule has 0 unspecified atom stereocenters. The monoisotopic (exact) mass is 418 g/mol. The van der Waals surface area contributed by atoms with E-state index in [1.165, 1.54) is 20.3 Å². The van der Waals surface area contributed by atoms with E-state index in [1.807, 2.05) is 0 Å². The highest BCUT2D eigenvalue weighted by Crippen LogP contribution is 2.23. The molecule has 1 amide bonds. The lowest BCUT2D eigenvalue weighted by molar-refractivity contribution is 0.0686. The van der Waals surface area contributed by atoms with Crippen molar-refractivity contribution in [1.29, 1.82) is 0 Å². The average Bonchev–Trinajstić information content (AvgIpc) is 3.18. The summed E-state index contributed by atoms with van der Waals surface area (Å²) in [5.41, 5.74) is 0.472. The summed E-state index contributed by atoms with van der Waals surface area (Å²) in [4.78, 5) is 14.2. The standard InChI is InChI=1S/C13H15BrN4O3S2/c1-16-12(10(14)9-15-16)13(19)17-4-6-18(7-5-17)23(20,21)11-3-2-8-22-11/h2-3,8-9H,4-7H2,1H3. The van der Waals surface area contributed by atoms with Gasteiger partial charge in [0.25, 0.3) is 15.9 Å². The number of carbonyl (C=O) groups excluding carboxylic acids is 1. The van der Waals surface area contributed by atoms with Gasteiger partial charge in [0.1, 0.15) is 9.90 Å². The van der Waals surface area contributed by atoms with E-state index >= 15 is 0 Å². The number of aryl methyl sites for hydroxylation is 1. The molecule has 0 saturated carbocycles. The van der Waals surface area contributed by atoms with Crippen molar-refractivity contribution in [3.05, 3.63) is 33.9 Å². The van der Waals surface area contributed by atoms with Gasteiger partial charge in [-0.1, -0.05) is 6.07 Å². The molecule has 1 aliphatic heterocycles. The second kappa shape index (κ2) is 6.34. The Hall–Kier alpha value is -1.23. The van der Waals surface area contributed by atoms with Crippen molar-refractivity contribution < 1.29 is 13.2 Å². The van der Waals surface area contributed by atoms with Crippen molar-refractivity contribution in [2.24, 2.45) is 7.05 Å². The Morgan fingerprint density at radius 3 is 2.52 bits per heavy atom. The molecule has 0 aliphatic carbocycles. The Morgan fingerprint density at radius 2 is 2.00 bits per heavy atom. The second-order valence-electron chi connectivity index (χ2n) is 5.09. The zero-order valence-electron chi connectivity index (χ0n) is 12.3. The summed E-state index contributed by atoms with van der Waals surface area (Å²) < 4.78 is 28.9. The maximum Gasteiger partial charge on any atom is 0.273 e. The summed E-state index contributed by atoms with van der Waals surface area (Å²) in [5.74, 6) is -0.148. The van der Waals surface area contributed by atoms with Crippen molar-refractivity contribution in [3.63, 3.8) is 0 Å². The van der Waals surface area contributed by atoms with Crippen molar-refractivity contribution in [2.45, 2.75) is 4.21 Å². The van der Waals surface area contributed by atoms with Crippen LogP contribution in [0.2, 0.25) is 0 Å². The lowest BCUT2D eigenvalue weighted by Crippen LogP contribution is -2.50. The van der Waals surface area contributed by atoms with E-state index < -0.39 is 10.0 Å². The van der Waals surface area contributed by atoms with Crippen LogP contribution >= 0.6 is 27.3 Å². The first-order valence-electron chi connectivity index (χ1n) is 6.91. The fraction of sp³-hybridized carbons (Fsp3) is 0.385. The van der Waals surface area contributed by atoms with Crippen LogP contribution in [-0.4, -0.2) is 59.5 Å². The number of rotatable bonds is 3. The Morgan fingerprint density at radius 1 is 1.30 bits per heavy atom. The molecule has 2 aromatic heterocycles. The minimum atomic E-state index is -3.45. The molecule has 0 aromatic carbocycles. The van der Waals surface area contributed by atoms with E-state index in [4.69, 9.17) is 0 Å². The lowest BCUT2D eigenvalue weighted by Gasteiger charge is -2.33. The molecule has 0 bridgehead atoms. The maximum atomic E-state index is 12.6. The van der Waals surface area contributed by atoms with Gasteiger partial charge in [-0.05, 0) is 27.4 Å². The number of halogens is 1. The third-order valence-corrected chi connectivity index (χ3v) is 7.56. The minimum absolute atomic E-state index is 0.148. The summed E-state index contributed by atoms with van der Waals surface area (Å²) >= 11 is 4.52. The number of thiophene rings is 1. The van der Waals surface area contributed by atoms with Crippen LogP contribution in [0.25, 0.3) is 0 Å². The number of piperazine rings is 1. The molecule has 7 nitrogen and oxygen atoms in total. The molecule has 1 aliphatic rings. The first kappa shape index (κ1) is 16.6. The van der Waals surface area contributed by atoms with Gasteiger partial charge in [-0.3, -0.25) is 9.48 Å². The molecule has 3 rings (SSSR count). The van der Waals surface area contributed by atoms with Crippen LogP contribution in [0.5, 0.6) is 0 Å². The quantitative estimate of drug-likeness (QED) is 0.754. The number of hydrogen-bond donors (Lipinski definition) is 0. The molecule has 124 valence electrons. The van der Waals surface area contributed by atoms with E-state index in [1.54, 1.807) is 35.7 Å². The predicted molar refractivity (Wildman–Crippen MR) is 89.9 cm³/mol. The number of aromatic nitrogens is 2. The highest BCUT2D eigenvalue weighted by Gasteiger charge is 2.32. The van der Waals surface area contributed by atoms with Crippen LogP contribution < -0.4 is 0 Å². The zero-order valence-corrected chi connectivity index (χ0v) is 15.6. The van der Waals surface area contributed by atoms with Crippen LogP contribution in [-0.2, 0) is 17.1 Å². The summed E-state index contributed by atoms with van der Waals surface area (Å²) in [7, 11) is -1.75. The molecule has 1 saturated heterocycles. The third kappa shape index (κ3) is 3.08. The van der Waals surface area contributed by atoms with Crippen molar-refractivity contribution >= 4 is 43.2 Å². The summed E-state index contributed by atoms with van der Waals surface area (Å²) in [6.07, 6.45) is 1.57. The van der Waals surface area contributed by atoms with Crippen LogP contribution in [0.1, 0.15) is 10.5 Å². The van der Waals surface area contributed by atoms with Gasteiger partial charge in [0.15, 0.2) is 0 Å². The highest BCUT2D eigenvalue weighted by molar-refractivity contribution is 9.10. The van der Waals surface area contributed by atoms with Gasteiger partial charge in [0.05, 0.1) is 10.7 Å². The fourth-order valence-corrected chi connectivity index (χ4v) is 5.55. The molecule has 10 heteroatoms. The van der Waals surface area contributed by atoms with Gasteiger partial charge in [0, 0.05) is 33.2 Å². The van der Waals surface area contributed by atoms with Gasteiger partial charge < -0.3 is 4.90 Å². The molecule has 2 aromatic rings. The smallest absolute Gasteiger partial charge is 0.273 e. The number of hydrogen-bond acceptors (Lipinski definition) is 5. The summed E-state index contributed by atoms with van der Waals surface area (Å²) in [5, 5.41) is 5.78. The first-order chi connectivity index (χ1) is 10.9. The fourth-order valence-electron chi connectivity index (χ4n) is 2.47. The number of amides is 1. The molecule has 1 fully saturated rings. The topological polar surface area (TPSA) is 75.5 Å². The van der Waals surface area contributed by atoms with E-state index in [2.05, 4.69) is 21.0 Å². The van der Waals surface area contributed by atoms with Crippen molar-refractivity contribution in [1.82, 2.24) is 19.0 Å². The van der Waals surface area contributed by atoms with Crippen molar-refractivity contribution in [2.75, 3.05) is 26.2 Å². The molecular weight excluding hydrogens is 404 g/mol. The third-order valence-electron chi connectivity index (χ3n) is 3.71. The Balaban J connectivity index is 1.71. The zero-order chi connectivity index (χ0) is 16.6. The molecule has 0 radical (unpaired) electrons. The molecule has 3 heterocycles. The van der Waals surface area contributed by atoms with E-state index in [0.29, 0.717) is 40.6 Å². The molecule has 0 spiro atoms. The van der Waals surface area contributed by atoms with Crippen LogP contribution in [0, 0.1) is 0 Å². The Labute approximate surface area is 146 Å². The van der Waals surface area contributed by atoms with Gasteiger partial charge in [-0.2, -0.15) is 9.40 Å². The van der Waals surface area contributed by atoms with Gasteiger partial charge in [-0.15, -0.1) is 11.3 Å². The molecule has 0 atom stereocenters. The van der Waals surface area contributed by atoms with Gasteiger partial charge in [0.2, 0.25) is 0 Å². The van der Waals surface area contributed by atoms with Gasteiger partial charge in [-0.25, -0.2) is 8.42 Å². The van der Waals surface area contributed by atoms with E-state index in [9.17, 15) is 13.2 Å². The van der Waals surface area contributed by atoms with Crippen molar-refractivity contribution in [3.8, 4) is 0 Å². The number of sulfonamides is 1. The van der Waals surface area contributed by atoms with Crippen LogP contribution in [0.15, 0.2) is 32.4 Å². The second-order valence-corrected chi connectivity index (χ2v) is 9.06. The highest BCUT2D eigenvalue weighted by atomic mass is 79.9. The number of carbonyl (C=O) groups is 1. The van der Waals surface area contributed by atoms with Crippen LogP contribution in [0.3, 0.4) is 0 Å². The summed E-state index contributed by atoms with van der Waals surface area (Å²) in [6.45, 7) is 1.31. The summed E-state index contributed by atoms with van der Waals surface area (Å²) in [6, 6.07) is 3.32. The molecule has 0 N–H and O–H groups in total. The maximum absolute atomic E-state index is 12.6. The SMILES string of the molecule is Cn1ncc(Br)c1C(=O)N1CCN(S(=O)(=O)c2cccs2)CC1. The first-order valence-corrected chi connectivity index (χ1v) is 10.0.